The van der Waals surface area contributed by atoms with Gasteiger partial charge in [0.25, 0.3) is 0 Å². The normalized spacial score (nSPS) is 10.9. The zero-order valence-corrected chi connectivity index (χ0v) is 10.7. The SMILES string of the molecule is CCc1ccccc1N=Cc1ccc([N+](=O)[O-])s1. The highest BCUT2D eigenvalue weighted by Gasteiger charge is 2.08. The van der Waals surface area contributed by atoms with Gasteiger partial charge in [-0.05, 0) is 24.1 Å². The highest BCUT2D eigenvalue weighted by atomic mass is 32.1. The molecule has 2 aromatic rings. The van der Waals surface area contributed by atoms with Crippen molar-refractivity contribution in [3.63, 3.8) is 0 Å². The van der Waals surface area contributed by atoms with Gasteiger partial charge in [-0.25, -0.2) is 0 Å². The van der Waals surface area contributed by atoms with Crippen LogP contribution in [0.15, 0.2) is 41.4 Å². The summed E-state index contributed by atoms with van der Waals surface area (Å²) in [4.78, 5) is 15.3. The van der Waals surface area contributed by atoms with Gasteiger partial charge in [-0.3, -0.25) is 15.1 Å². The Hall–Kier alpha value is -2.01. The Labute approximate surface area is 109 Å². The summed E-state index contributed by atoms with van der Waals surface area (Å²) in [5, 5.41) is 10.7. The lowest BCUT2D eigenvalue weighted by Crippen LogP contribution is -1.81. The van der Waals surface area contributed by atoms with Gasteiger partial charge in [0.05, 0.1) is 15.5 Å². The van der Waals surface area contributed by atoms with Crippen LogP contribution < -0.4 is 0 Å². The van der Waals surface area contributed by atoms with E-state index in [1.54, 1.807) is 12.3 Å². The van der Waals surface area contributed by atoms with Crippen LogP contribution in [-0.2, 0) is 6.42 Å². The summed E-state index contributed by atoms with van der Waals surface area (Å²) < 4.78 is 0. The number of hydrogen-bond donors (Lipinski definition) is 0. The van der Waals surface area contributed by atoms with Crippen molar-refractivity contribution in [2.45, 2.75) is 13.3 Å². The predicted molar refractivity (Wildman–Crippen MR) is 74.0 cm³/mol. The lowest BCUT2D eigenvalue weighted by atomic mass is 10.1. The van der Waals surface area contributed by atoms with E-state index in [4.69, 9.17) is 0 Å². The zero-order valence-electron chi connectivity index (χ0n) is 9.87. The lowest BCUT2D eigenvalue weighted by Gasteiger charge is -2.00. The number of benzene rings is 1. The number of aliphatic imine (C=N–C) groups is 1. The van der Waals surface area contributed by atoms with E-state index in [1.165, 1.54) is 11.6 Å². The first-order valence-corrected chi connectivity index (χ1v) is 6.38. The molecule has 0 saturated carbocycles. The molecule has 0 unspecified atom stereocenters. The van der Waals surface area contributed by atoms with Crippen molar-refractivity contribution in [3.05, 3.63) is 57.0 Å². The molecule has 0 spiro atoms. The molecule has 0 aliphatic carbocycles. The first-order chi connectivity index (χ1) is 8.70. The monoisotopic (exact) mass is 260 g/mol. The number of aryl methyl sites for hydroxylation is 1. The van der Waals surface area contributed by atoms with Crippen molar-refractivity contribution in [1.29, 1.82) is 0 Å². The van der Waals surface area contributed by atoms with Crippen molar-refractivity contribution in [3.8, 4) is 0 Å². The molecule has 0 atom stereocenters. The topological polar surface area (TPSA) is 55.5 Å². The molecule has 1 aromatic carbocycles. The van der Waals surface area contributed by atoms with Crippen molar-refractivity contribution >= 4 is 28.2 Å². The Morgan fingerprint density at radius 3 is 2.78 bits per heavy atom. The molecule has 0 saturated heterocycles. The number of rotatable bonds is 4. The average Bonchev–Trinajstić information content (AvgIpc) is 2.85. The first kappa shape index (κ1) is 12.4. The third-order valence-electron chi connectivity index (χ3n) is 2.50. The maximum absolute atomic E-state index is 10.6. The van der Waals surface area contributed by atoms with Gasteiger partial charge < -0.3 is 0 Å². The highest BCUT2D eigenvalue weighted by molar-refractivity contribution is 7.16. The molecular formula is C13H12N2O2S. The molecule has 0 amide bonds. The molecule has 1 heterocycles. The van der Waals surface area contributed by atoms with Gasteiger partial charge in [0.15, 0.2) is 0 Å². The molecule has 0 aliphatic rings. The fraction of sp³-hybridized carbons (Fsp3) is 0.154. The van der Waals surface area contributed by atoms with E-state index >= 15 is 0 Å². The summed E-state index contributed by atoms with van der Waals surface area (Å²) in [6, 6.07) is 11.1. The van der Waals surface area contributed by atoms with Gasteiger partial charge in [-0.1, -0.05) is 36.5 Å². The minimum absolute atomic E-state index is 0.139. The minimum atomic E-state index is -0.387. The van der Waals surface area contributed by atoms with E-state index < -0.39 is 0 Å². The van der Waals surface area contributed by atoms with Crippen LogP contribution >= 0.6 is 11.3 Å². The molecule has 1 aromatic heterocycles. The highest BCUT2D eigenvalue weighted by Crippen LogP contribution is 2.24. The fourth-order valence-corrected chi connectivity index (χ4v) is 2.27. The van der Waals surface area contributed by atoms with E-state index in [2.05, 4.69) is 11.9 Å². The average molecular weight is 260 g/mol. The van der Waals surface area contributed by atoms with Crippen molar-refractivity contribution in [2.75, 3.05) is 0 Å². The number of para-hydroxylation sites is 1. The van der Waals surface area contributed by atoms with Gasteiger partial charge >= 0.3 is 5.00 Å². The van der Waals surface area contributed by atoms with Crippen molar-refractivity contribution in [1.82, 2.24) is 0 Å². The molecule has 0 radical (unpaired) electrons. The summed E-state index contributed by atoms with van der Waals surface area (Å²) >= 11 is 1.13. The number of nitro groups is 1. The smallest absolute Gasteiger partial charge is 0.258 e. The quantitative estimate of drug-likeness (QED) is 0.474. The first-order valence-electron chi connectivity index (χ1n) is 5.57. The Morgan fingerprint density at radius 1 is 1.33 bits per heavy atom. The predicted octanol–water partition coefficient (Wildman–Crippen LogP) is 3.97. The standard InChI is InChI=1S/C13H12N2O2S/c1-2-10-5-3-4-6-12(10)14-9-11-7-8-13(18-11)15(16)17/h3-9H,2H2,1H3. The second-order valence-corrected chi connectivity index (χ2v) is 4.77. The molecule has 18 heavy (non-hydrogen) atoms. The van der Waals surface area contributed by atoms with E-state index in [0.29, 0.717) is 0 Å². The van der Waals surface area contributed by atoms with Crippen LogP contribution in [0.3, 0.4) is 0 Å². The number of nitrogens with zero attached hydrogens (tertiary/aromatic N) is 2. The second-order valence-electron chi connectivity index (χ2n) is 3.67. The number of thiophene rings is 1. The molecule has 2 rings (SSSR count). The fourth-order valence-electron chi connectivity index (χ4n) is 1.58. The summed E-state index contributed by atoms with van der Waals surface area (Å²) in [6.45, 7) is 2.07. The Morgan fingerprint density at radius 2 is 2.11 bits per heavy atom. The van der Waals surface area contributed by atoms with Crippen LogP contribution in [0.1, 0.15) is 17.4 Å². The summed E-state index contributed by atoms with van der Waals surface area (Å²) in [5.41, 5.74) is 2.08. The van der Waals surface area contributed by atoms with E-state index in [9.17, 15) is 10.1 Å². The van der Waals surface area contributed by atoms with Gasteiger partial charge in [0, 0.05) is 12.3 Å². The maximum Gasteiger partial charge on any atom is 0.324 e. The summed E-state index contributed by atoms with van der Waals surface area (Å²) in [5.74, 6) is 0. The second kappa shape index (κ2) is 5.55. The lowest BCUT2D eigenvalue weighted by molar-refractivity contribution is -0.380. The molecular weight excluding hydrogens is 248 g/mol. The third-order valence-corrected chi connectivity index (χ3v) is 3.47. The van der Waals surface area contributed by atoms with E-state index in [1.807, 2.05) is 24.3 Å². The molecule has 0 fully saturated rings. The van der Waals surface area contributed by atoms with Crippen LogP contribution in [0, 0.1) is 10.1 Å². The van der Waals surface area contributed by atoms with Gasteiger partial charge in [0.2, 0.25) is 0 Å². The molecule has 4 nitrogen and oxygen atoms in total. The minimum Gasteiger partial charge on any atom is -0.258 e. The molecule has 0 N–H and O–H groups in total. The van der Waals surface area contributed by atoms with Crippen molar-refractivity contribution < 1.29 is 4.92 Å². The molecule has 92 valence electrons. The van der Waals surface area contributed by atoms with Crippen LogP contribution in [0.25, 0.3) is 0 Å². The van der Waals surface area contributed by atoms with Gasteiger partial charge in [-0.2, -0.15) is 0 Å². The zero-order chi connectivity index (χ0) is 13.0. The van der Waals surface area contributed by atoms with Crippen LogP contribution in [0.4, 0.5) is 10.7 Å². The molecule has 0 bridgehead atoms. The Bertz CT molecular complexity index is 590. The van der Waals surface area contributed by atoms with E-state index in [-0.39, 0.29) is 9.92 Å². The van der Waals surface area contributed by atoms with E-state index in [0.717, 1.165) is 28.3 Å². The van der Waals surface area contributed by atoms with Gasteiger partial charge in [-0.15, -0.1) is 0 Å². The van der Waals surface area contributed by atoms with Crippen LogP contribution in [0.5, 0.6) is 0 Å². The Kier molecular flexibility index (Phi) is 3.84. The molecule has 5 heteroatoms. The maximum atomic E-state index is 10.6. The largest absolute Gasteiger partial charge is 0.324 e. The van der Waals surface area contributed by atoms with Crippen molar-refractivity contribution in [2.24, 2.45) is 4.99 Å². The van der Waals surface area contributed by atoms with Crippen LogP contribution in [-0.4, -0.2) is 11.1 Å². The van der Waals surface area contributed by atoms with Gasteiger partial charge in [0.1, 0.15) is 0 Å². The number of hydrogen-bond acceptors (Lipinski definition) is 4. The van der Waals surface area contributed by atoms with Crippen LogP contribution in [0.2, 0.25) is 0 Å². The Balaban J connectivity index is 2.21. The summed E-state index contributed by atoms with van der Waals surface area (Å²) in [7, 11) is 0. The summed E-state index contributed by atoms with van der Waals surface area (Å²) in [6.07, 6.45) is 2.59. The molecule has 0 aliphatic heterocycles. The third kappa shape index (κ3) is 2.81.